The molecule has 2 aromatic heterocycles. The lowest BCUT2D eigenvalue weighted by Crippen LogP contribution is -2.17. The first kappa shape index (κ1) is 21.9. The molecule has 2 heterocycles. The van der Waals surface area contributed by atoms with Crippen LogP contribution in [0.25, 0.3) is 0 Å². The van der Waals surface area contributed by atoms with Gasteiger partial charge in [-0.05, 0) is 31.5 Å². The van der Waals surface area contributed by atoms with Crippen LogP contribution in [0.5, 0.6) is 5.88 Å². The number of aromatic amines is 1. The highest BCUT2D eigenvalue weighted by molar-refractivity contribution is 7.91. The summed E-state index contributed by atoms with van der Waals surface area (Å²) >= 11 is 5.94. The molecule has 0 bridgehead atoms. The van der Waals surface area contributed by atoms with Gasteiger partial charge in [0, 0.05) is 6.26 Å². The maximum Gasteiger partial charge on any atom is 0.255 e. The average Bonchev–Trinajstić information content (AvgIpc) is 3.06. The fraction of sp³-hybridized carbons (Fsp3) is 0.278. The third-order valence-corrected chi connectivity index (χ3v) is 5.72. The highest BCUT2D eigenvalue weighted by atomic mass is 35.5. The molecule has 0 saturated heterocycles. The van der Waals surface area contributed by atoms with Crippen molar-refractivity contribution in [3.63, 3.8) is 0 Å². The van der Waals surface area contributed by atoms with Gasteiger partial charge < -0.3 is 15.0 Å². The molecule has 2 atom stereocenters. The molecule has 3 N–H and O–H groups in total. The van der Waals surface area contributed by atoms with E-state index in [1.165, 1.54) is 38.5 Å². The van der Waals surface area contributed by atoms with E-state index in [4.69, 9.17) is 21.1 Å². The molecule has 0 fully saturated rings. The van der Waals surface area contributed by atoms with Crippen LogP contribution in [-0.2, 0) is 9.73 Å². The Morgan fingerprint density at radius 3 is 2.50 bits per heavy atom. The van der Waals surface area contributed by atoms with E-state index in [1.54, 1.807) is 6.92 Å². The number of ether oxygens (including phenoxy) is 1. The monoisotopic (exact) mass is 456 g/mol. The summed E-state index contributed by atoms with van der Waals surface area (Å²) < 4.78 is 52.7. The van der Waals surface area contributed by atoms with Crippen LogP contribution in [-0.4, -0.2) is 37.5 Å². The predicted octanol–water partition coefficient (Wildman–Crippen LogP) is 3.99. The van der Waals surface area contributed by atoms with Gasteiger partial charge in [-0.1, -0.05) is 17.7 Å². The topological polar surface area (TPSA) is 117 Å². The van der Waals surface area contributed by atoms with Crippen LogP contribution in [0.4, 0.5) is 14.7 Å². The van der Waals surface area contributed by atoms with Crippen molar-refractivity contribution < 1.29 is 17.7 Å². The summed E-state index contributed by atoms with van der Waals surface area (Å²) in [5.74, 6) is -1.25. The molecule has 12 heteroatoms. The van der Waals surface area contributed by atoms with Crippen LogP contribution in [0, 0.1) is 30.3 Å². The number of nitrogens with zero attached hydrogens (tertiary/aromatic N) is 3. The Balaban J connectivity index is 2.14. The van der Waals surface area contributed by atoms with Gasteiger partial charge in [0.05, 0.1) is 33.2 Å². The van der Waals surface area contributed by atoms with E-state index in [9.17, 15) is 13.0 Å². The number of hydrogen-bond donors (Lipinski definition) is 3. The predicted molar refractivity (Wildman–Crippen MR) is 109 cm³/mol. The van der Waals surface area contributed by atoms with Crippen LogP contribution < -0.4 is 10.1 Å². The Bertz CT molecular complexity index is 1220. The number of aryl methyl sites for hydroxylation is 2. The first-order valence-corrected chi connectivity index (χ1v) is 11.0. The fourth-order valence-electron chi connectivity index (χ4n) is 2.85. The quantitative estimate of drug-likeness (QED) is 0.516. The highest BCUT2D eigenvalue weighted by Gasteiger charge is 2.24. The van der Waals surface area contributed by atoms with E-state index < -0.39 is 27.4 Å². The number of H-pyrrole nitrogens is 1. The minimum absolute atomic E-state index is 0.0231. The Morgan fingerprint density at radius 2 is 1.93 bits per heavy atom. The van der Waals surface area contributed by atoms with Crippen molar-refractivity contribution in [1.29, 1.82) is 4.78 Å². The van der Waals surface area contributed by atoms with E-state index in [0.29, 0.717) is 11.3 Å². The van der Waals surface area contributed by atoms with Crippen molar-refractivity contribution in [2.45, 2.75) is 24.9 Å². The van der Waals surface area contributed by atoms with Crippen molar-refractivity contribution in [3.8, 4) is 5.88 Å². The summed E-state index contributed by atoms with van der Waals surface area (Å²) in [6, 6.07) is 3.26. The standard InChI is InChI=1S/C18H19ClF2N6O2S/c1-8-13(21)16(29-3)27-18(24-8)25-14(10-5-6-12(20)11(19)7-10)15-23-9(2)17(26-15)30(4,22)28/h5-7,14,22H,1-4H3,(H,23,26)(H,24,25,27). The molecular weight excluding hydrogens is 438 g/mol. The second-order valence-electron chi connectivity index (χ2n) is 6.59. The van der Waals surface area contributed by atoms with Gasteiger partial charge in [0.25, 0.3) is 5.88 Å². The zero-order valence-corrected chi connectivity index (χ0v) is 18.1. The maximum atomic E-state index is 14.0. The number of hydrogen-bond acceptors (Lipinski definition) is 7. The fourth-order valence-corrected chi connectivity index (χ4v) is 3.94. The number of nitrogens with one attached hydrogen (secondary N) is 3. The van der Waals surface area contributed by atoms with Gasteiger partial charge in [-0.25, -0.2) is 23.3 Å². The lowest BCUT2D eigenvalue weighted by atomic mass is 10.1. The van der Waals surface area contributed by atoms with Gasteiger partial charge in [-0.2, -0.15) is 9.37 Å². The minimum atomic E-state index is -3.07. The van der Waals surface area contributed by atoms with Gasteiger partial charge in [0.15, 0.2) is 0 Å². The molecule has 2 unspecified atom stereocenters. The summed E-state index contributed by atoms with van der Waals surface area (Å²) in [6.07, 6.45) is 1.27. The van der Waals surface area contributed by atoms with Crippen molar-refractivity contribution in [2.75, 3.05) is 18.7 Å². The molecule has 3 rings (SSSR count). The van der Waals surface area contributed by atoms with Crippen LogP contribution >= 0.6 is 11.6 Å². The molecule has 0 amide bonds. The molecule has 3 aromatic rings. The van der Waals surface area contributed by atoms with Gasteiger partial charge in [0.2, 0.25) is 11.8 Å². The van der Waals surface area contributed by atoms with E-state index in [1.807, 2.05) is 0 Å². The Morgan fingerprint density at radius 1 is 1.23 bits per heavy atom. The summed E-state index contributed by atoms with van der Waals surface area (Å²) in [5.41, 5.74) is 0.916. The van der Waals surface area contributed by atoms with Crippen molar-refractivity contribution >= 4 is 27.3 Å². The molecule has 0 aliphatic heterocycles. The number of imidazole rings is 1. The summed E-state index contributed by atoms with van der Waals surface area (Å²) in [5, 5.41) is 3.04. The maximum absolute atomic E-state index is 14.0. The third kappa shape index (κ3) is 4.36. The van der Waals surface area contributed by atoms with E-state index in [0.717, 1.165) is 0 Å². The third-order valence-electron chi connectivity index (χ3n) is 4.25. The molecule has 160 valence electrons. The number of rotatable bonds is 6. The van der Waals surface area contributed by atoms with E-state index in [2.05, 4.69) is 25.3 Å². The molecule has 0 aliphatic rings. The zero-order chi connectivity index (χ0) is 22.2. The lowest BCUT2D eigenvalue weighted by molar-refractivity contribution is 0.366. The second-order valence-corrected chi connectivity index (χ2v) is 9.09. The van der Waals surface area contributed by atoms with Crippen molar-refractivity contribution in [1.82, 2.24) is 19.9 Å². The first-order chi connectivity index (χ1) is 14.0. The first-order valence-electron chi connectivity index (χ1n) is 8.61. The summed E-state index contributed by atoms with van der Waals surface area (Å²) in [4.78, 5) is 15.3. The second kappa shape index (κ2) is 8.15. The van der Waals surface area contributed by atoms with Gasteiger partial charge >= 0.3 is 0 Å². The van der Waals surface area contributed by atoms with Crippen LogP contribution in [0.3, 0.4) is 0 Å². The summed E-state index contributed by atoms with van der Waals surface area (Å²) in [7, 11) is -1.79. The van der Waals surface area contributed by atoms with Gasteiger partial charge in [-0.3, -0.25) is 0 Å². The van der Waals surface area contributed by atoms with Crippen LogP contribution in [0.1, 0.15) is 28.8 Å². The lowest BCUT2D eigenvalue weighted by Gasteiger charge is -2.18. The van der Waals surface area contributed by atoms with E-state index >= 15 is 0 Å². The normalized spacial score (nSPS) is 14.2. The highest BCUT2D eigenvalue weighted by Crippen LogP contribution is 2.29. The molecule has 30 heavy (non-hydrogen) atoms. The Kier molecular flexibility index (Phi) is 5.95. The molecule has 0 radical (unpaired) electrons. The average molecular weight is 457 g/mol. The largest absolute Gasteiger partial charge is 0.479 e. The van der Waals surface area contributed by atoms with Gasteiger partial charge in [-0.15, -0.1) is 0 Å². The molecule has 8 nitrogen and oxygen atoms in total. The molecule has 1 aromatic carbocycles. The van der Waals surface area contributed by atoms with Crippen molar-refractivity contribution in [3.05, 3.63) is 57.6 Å². The number of aromatic nitrogens is 4. The van der Waals surface area contributed by atoms with E-state index in [-0.39, 0.29) is 33.4 Å². The van der Waals surface area contributed by atoms with Crippen molar-refractivity contribution in [2.24, 2.45) is 0 Å². The van der Waals surface area contributed by atoms with Crippen LogP contribution in [0.15, 0.2) is 23.2 Å². The smallest absolute Gasteiger partial charge is 0.255 e. The number of halogens is 3. The number of anilines is 1. The SMILES string of the molecule is COc1nc(NC(c2ccc(F)c(Cl)c2)c2nc(C)c(S(C)(=N)=O)[nH]2)nc(C)c1F. The minimum Gasteiger partial charge on any atom is -0.479 e. The zero-order valence-electron chi connectivity index (χ0n) is 16.5. The molecule has 0 spiro atoms. The Hall–Kier alpha value is -2.79. The summed E-state index contributed by atoms with van der Waals surface area (Å²) in [6.45, 7) is 3.07. The Labute approximate surface area is 177 Å². The van der Waals surface area contributed by atoms with Crippen LogP contribution in [0.2, 0.25) is 5.02 Å². The molecule has 0 saturated carbocycles. The molecular formula is C18H19ClF2N6O2S. The van der Waals surface area contributed by atoms with Gasteiger partial charge in [0.1, 0.15) is 22.7 Å². The number of methoxy groups -OCH3 is 1. The number of benzene rings is 1. The molecule has 0 aliphatic carbocycles.